The summed E-state index contributed by atoms with van der Waals surface area (Å²) in [5.74, 6) is 0.364. The summed E-state index contributed by atoms with van der Waals surface area (Å²) in [5, 5.41) is 12.4. The van der Waals surface area contributed by atoms with Crippen molar-refractivity contribution in [2.24, 2.45) is 0 Å². The highest BCUT2D eigenvalue weighted by Gasteiger charge is 2.22. The van der Waals surface area contributed by atoms with Gasteiger partial charge in [-0.15, -0.1) is 0 Å². The number of rotatable bonds is 7. The average Bonchev–Trinajstić information content (AvgIpc) is 2.85. The van der Waals surface area contributed by atoms with Gasteiger partial charge in [0.25, 0.3) is 0 Å². The maximum Gasteiger partial charge on any atom is 0.325 e. The van der Waals surface area contributed by atoms with Gasteiger partial charge in [-0.2, -0.15) is 0 Å². The fourth-order valence-electron chi connectivity index (χ4n) is 2.08. The Hall–Kier alpha value is -1.79. The van der Waals surface area contributed by atoms with Crippen LogP contribution in [0.25, 0.3) is 0 Å². The number of fused-ring (bicyclic) bond motifs is 1. The summed E-state index contributed by atoms with van der Waals surface area (Å²) in [6, 6.07) is 4.49. The number of carboxylic acid groups (broad SMARTS) is 1. The number of carbonyl (C=O) groups is 1. The van der Waals surface area contributed by atoms with E-state index in [0.29, 0.717) is 23.6 Å². The van der Waals surface area contributed by atoms with Crippen molar-refractivity contribution in [3.05, 3.63) is 23.8 Å². The van der Waals surface area contributed by atoms with Gasteiger partial charge in [0.2, 0.25) is 6.79 Å². The van der Waals surface area contributed by atoms with Crippen molar-refractivity contribution in [1.29, 1.82) is 0 Å². The van der Waals surface area contributed by atoms with E-state index in [4.69, 9.17) is 9.47 Å². The average molecular weight is 280 g/mol. The minimum absolute atomic E-state index is 0.187. The van der Waals surface area contributed by atoms with Crippen LogP contribution in [0.2, 0.25) is 0 Å². The van der Waals surface area contributed by atoms with Crippen molar-refractivity contribution in [3.8, 4) is 11.5 Å². The van der Waals surface area contributed by atoms with E-state index in [2.05, 4.69) is 10.2 Å². The molecule has 0 fully saturated rings. The Kier molecular flexibility index (Phi) is 4.81. The number of nitrogens with zero attached hydrogens (tertiary/aromatic N) is 1. The second-order valence-electron chi connectivity index (χ2n) is 4.99. The van der Waals surface area contributed by atoms with E-state index < -0.39 is 12.0 Å². The van der Waals surface area contributed by atoms with Gasteiger partial charge in [-0.3, -0.25) is 4.79 Å². The fourth-order valence-corrected chi connectivity index (χ4v) is 2.08. The van der Waals surface area contributed by atoms with Gasteiger partial charge in [0.1, 0.15) is 6.04 Å². The Bertz CT molecular complexity index is 476. The number of hydrogen-bond acceptors (Lipinski definition) is 5. The molecular weight excluding hydrogens is 260 g/mol. The number of aliphatic carboxylic acids is 1. The van der Waals surface area contributed by atoms with Gasteiger partial charge in [-0.25, -0.2) is 0 Å². The quantitative estimate of drug-likeness (QED) is 0.728. The molecule has 1 aromatic rings. The highest BCUT2D eigenvalue weighted by atomic mass is 16.7. The van der Waals surface area contributed by atoms with Gasteiger partial charge in [0.05, 0.1) is 0 Å². The molecule has 0 aromatic heterocycles. The standard InChI is InChI=1S/C14H20N2O4/c1-16(2)7-3-6-15-13(14(17)18)10-4-5-11-12(8-10)20-9-19-11/h4-5,8,13,15H,3,6-7,9H2,1-2H3,(H,17,18). The van der Waals surface area contributed by atoms with Gasteiger partial charge in [-0.05, 0) is 51.3 Å². The van der Waals surface area contributed by atoms with Crippen molar-refractivity contribution in [2.45, 2.75) is 12.5 Å². The van der Waals surface area contributed by atoms with Crippen LogP contribution in [0.4, 0.5) is 0 Å². The first kappa shape index (κ1) is 14.6. The van der Waals surface area contributed by atoms with Crippen molar-refractivity contribution in [1.82, 2.24) is 10.2 Å². The Morgan fingerprint density at radius 2 is 2.15 bits per heavy atom. The van der Waals surface area contributed by atoms with Crippen LogP contribution >= 0.6 is 0 Å². The molecule has 1 atom stereocenters. The van der Waals surface area contributed by atoms with Gasteiger partial charge in [0.15, 0.2) is 11.5 Å². The zero-order chi connectivity index (χ0) is 14.5. The fraction of sp³-hybridized carbons (Fsp3) is 0.500. The highest BCUT2D eigenvalue weighted by molar-refractivity contribution is 5.76. The molecule has 6 heteroatoms. The lowest BCUT2D eigenvalue weighted by atomic mass is 10.1. The molecule has 2 rings (SSSR count). The zero-order valence-electron chi connectivity index (χ0n) is 11.8. The summed E-state index contributed by atoms with van der Waals surface area (Å²) in [6.45, 7) is 1.75. The lowest BCUT2D eigenvalue weighted by Gasteiger charge is -2.16. The highest BCUT2D eigenvalue weighted by Crippen LogP contribution is 2.34. The maximum absolute atomic E-state index is 11.4. The molecule has 1 aromatic carbocycles. The monoisotopic (exact) mass is 280 g/mol. The maximum atomic E-state index is 11.4. The zero-order valence-corrected chi connectivity index (χ0v) is 11.8. The molecule has 1 heterocycles. The van der Waals surface area contributed by atoms with Gasteiger partial charge < -0.3 is 24.8 Å². The van der Waals surface area contributed by atoms with Crippen molar-refractivity contribution >= 4 is 5.97 Å². The molecule has 6 nitrogen and oxygen atoms in total. The molecule has 0 amide bonds. The van der Waals surface area contributed by atoms with Crippen molar-refractivity contribution in [2.75, 3.05) is 34.0 Å². The molecule has 0 radical (unpaired) electrons. The van der Waals surface area contributed by atoms with Crippen LogP contribution < -0.4 is 14.8 Å². The van der Waals surface area contributed by atoms with E-state index in [1.54, 1.807) is 18.2 Å². The van der Waals surface area contributed by atoms with Crippen LogP contribution in [0, 0.1) is 0 Å². The van der Waals surface area contributed by atoms with E-state index in [0.717, 1.165) is 13.0 Å². The molecule has 0 bridgehead atoms. The number of ether oxygens (including phenoxy) is 2. The molecule has 1 aliphatic heterocycles. The first-order valence-electron chi connectivity index (χ1n) is 6.58. The largest absolute Gasteiger partial charge is 0.480 e. The third kappa shape index (κ3) is 3.61. The molecule has 2 N–H and O–H groups in total. The number of benzene rings is 1. The molecule has 110 valence electrons. The molecular formula is C14H20N2O4. The van der Waals surface area contributed by atoms with Gasteiger partial charge in [0, 0.05) is 0 Å². The third-order valence-electron chi connectivity index (χ3n) is 3.11. The normalized spacial score (nSPS) is 14.6. The smallest absolute Gasteiger partial charge is 0.325 e. The predicted molar refractivity (Wildman–Crippen MR) is 74.1 cm³/mol. The SMILES string of the molecule is CN(C)CCCNC(C(=O)O)c1ccc2c(c1)OCO2. The number of carboxylic acids is 1. The first-order valence-corrected chi connectivity index (χ1v) is 6.58. The summed E-state index contributed by atoms with van der Waals surface area (Å²) < 4.78 is 10.5. The van der Waals surface area contributed by atoms with E-state index in [9.17, 15) is 9.90 Å². The molecule has 0 spiro atoms. The van der Waals surface area contributed by atoms with Crippen LogP contribution in [0.3, 0.4) is 0 Å². The minimum atomic E-state index is -0.895. The number of nitrogens with one attached hydrogen (secondary N) is 1. The Morgan fingerprint density at radius 1 is 1.40 bits per heavy atom. The van der Waals surface area contributed by atoms with Crippen LogP contribution in [0.1, 0.15) is 18.0 Å². The van der Waals surface area contributed by atoms with Crippen LogP contribution in [-0.4, -0.2) is 50.0 Å². The molecule has 0 saturated carbocycles. The Morgan fingerprint density at radius 3 is 2.85 bits per heavy atom. The van der Waals surface area contributed by atoms with Crippen molar-refractivity contribution < 1.29 is 19.4 Å². The molecule has 1 aliphatic rings. The van der Waals surface area contributed by atoms with E-state index in [1.165, 1.54) is 0 Å². The summed E-state index contributed by atoms with van der Waals surface area (Å²) in [5.41, 5.74) is 0.673. The Labute approximate surface area is 118 Å². The lowest BCUT2D eigenvalue weighted by Crippen LogP contribution is -2.30. The summed E-state index contributed by atoms with van der Waals surface area (Å²) in [6.07, 6.45) is 0.890. The molecule has 1 unspecified atom stereocenters. The van der Waals surface area contributed by atoms with E-state index in [-0.39, 0.29) is 6.79 Å². The van der Waals surface area contributed by atoms with Crippen LogP contribution in [0.15, 0.2) is 18.2 Å². The van der Waals surface area contributed by atoms with Gasteiger partial charge in [-0.1, -0.05) is 6.07 Å². The van der Waals surface area contributed by atoms with Crippen LogP contribution in [0.5, 0.6) is 11.5 Å². The molecule has 20 heavy (non-hydrogen) atoms. The third-order valence-corrected chi connectivity index (χ3v) is 3.11. The second-order valence-corrected chi connectivity index (χ2v) is 4.99. The topological polar surface area (TPSA) is 71.0 Å². The van der Waals surface area contributed by atoms with Gasteiger partial charge >= 0.3 is 5.97 Å². The first-order chi connectivity index (χ1) is 9.58. The summed E-state index contributed by atoms with van der Waals surface area (Å²) in [4.78, 5) is 13.5. The lowest BCUT2D eigenvalue weighted by molar-refractivity contribution is -0.139. The second kappa shape index (κ2) is 6.58. The minimum Gasteiger partial charge on any atom is -0.480 e. The predicted octanol–water partition coefficient (Wildman–Crippen LogP) is 1.08. The van der Waals surface area contributed by atoms with E-state index >= 15 is 0 Å². The van der Waals surface area contributed by atoms with E-state index in [1.807, 2.05) is 14.1 Å². The van der Waals surface area contributed by atoms with Crippen LogP contribution in [-0.2, 0) is 4.79 Å². The molecule has 0 saturated heterocycles. The number of hydrogen-bond donors (Lipinski definition) is 2. The Balaban J connectivity index is 1.99. The van der Waals surface area contributed by atoms with Crippen molar-refractivity contribution in [3.63, 3.8) is 0 Å². The molecule has 0 aliphatic carbocycles. The summed E-state index contributed by atoms with van der Waals surface area (Å²) in [7, 11) is 3.99. The summed E-state index contributed by atoms with van der Waals surface area (Å²) >= 11 is 0.